The lowest BCUT2D eigenvalue weighted by atomic mass is 9.83. The zero-order valence-electron chi connectivity index (χ0n) is 9.23. The van der Waals surface area contributed by atoms with E-state index in [0.29, 0.717) is 5.02 Å². The molecule has 1 nitrogen and oxygen atoms in total. The van der Waals surface area contributed by atoms with Crippen LogP contribution in [-0.2, 0) is 6.42 Å². The lowest BCUT2D eigenvalue weighted by molar-refractivity contribution is 0.140. The summed E-state index contributed by atoms with van der Waals surface area (Å²) in [6, 6.07) is 4.02. The molecule has 4 heteroatoms. The van der Waals surface area contributed by atoms with Crippen LogP contribution >= 0.6 is 34.3 Å². The van der Waals surface area contributed by atoms with Crippen LogP contribution in [0.25, 0.3) is 0 Å². The second kappa shape index (κ2) is 4.73. The molecule has 3 rings (SSSR count). The molecule has 2 atom stereocenters. The number of aryl methyl sites for hydroxylation is 1. The van der Waals surface area contributed by atoms with Gasteiger partial charge in [0.15, 0.2) is 0 Å². The number of hydrogen-bond donors (Lipinski definition) is 1. The highest BCUT2D eigenvalue weighted by atomic mass is 35.5. The van der Waals surface area contributed by atoms with E-state index < -0.39 is 6.10 Å². The van der Waals surface area contributed by atoms with E-state index in [1.807, 2.05) is 22.8 Å². The van der Waals surface area contributed by atoms with Crippen LogP contribution in [-0.4, -0.2) is 5.11 Å². The molecular formula is C13H13ClOS2. The summed E-state index contributed by atoms with van der Waals surface area (Å²) in [6.07, 6.45) is 2.93. The highest BCUT2D eigenvalue weighted by molar-refractivity contribution is 7.10. The van der Waals surface area contributed by atoms with Crippen LogP contribution in [0.3, 0.4) is 0 Å². The number of aliphatic hydroxyl groups excluding tert-OH is 1. The molecule has 17 heavy (non-hydrogen) atoms. The van der Waals surface area contributed by atoms with Crippen molar-refractivity contribution in [3.63, 3.8) is 0 Å². The Balaban J connectivity index is 1.94. The molecule has 90 valence electrons. The van der Waals surface area contributed by atoms with E-state index in [1.165, 1.54) is 10.4 Å². The van der Waals surface area contributed by atoms with E-state index in [9.17, 15) is 5.11 Å². The minimum Gasteiger partial charge on any atom is -0.387 e. The minimum absolute atomic E-state index is 0.223. The third-order valence-electron chi connectivity index (χ3n) is 3.39. The highest BCUT2D eigenvalue weighted by Gasteiger charge is 2.30. The predicted molar refractivity (Wildman–Crippen MR) is 74.3 cm³/mol. The van der Waals surface area contributed by atoms with E-state index in [4.69, 9.17) is 11.6 Å². The lowest BCUT2D eigenvalue weighted by Crippen LogP contribution is -2.15. The van der Waals surface area contributed by atoms with Crippen molar-refractivity contribution < 1.29 is 5.11 Å². The van der Waals surface area contributed by atoms with Gasteiger partial charge in [0, 0.05) is 10.8 Å². The average molecular weight is 285 g/mol. The maximum Gasteiger partial charge on any atom is 0.0965 e. The van der Waals surface area contributed by atoms with Crippen molar-refractivity contribution in [2.75, 3.05) is 0 Å². The summed E-state index contributed by atoms with van der Waals surface area (Å²) in [5.41, 5.74) is 1.33. The third-order valence-corrected chi connectivity index (χ3v) is 5.82. The van der Waals surface area contributed by atoms with Crippen LogP contribution in [0.2, 0.25) is 5.02 Å². The molecule has 0 aliphatic heterocycles. The fraction of sp³-hybridized carbons (Fsp3) is 0.385. The molecule has 2 aromatic heterocycles. The number of halogens is 1. The van der Waals surface area contributed by atoms with Gasteiger partial charge in [0.05, 0.1) is 16.0 Å². The van der Waals surface area contributed by atoms with Gasteiger partial charge >= 0.3 is 0 Å². The molecule has 0 fully saturated rings. The maximum atomic E-state index is 10.5. The first-order chi connectivity index (χ1) is 8.27. The van der Waals surface area contributed by atoms with Crippen molar-refractivity contribution in [3.8, 4) is 0 Å². The lowest BCUT2D eigenvalue weighted by Gasteiger charge is -2.26. The second-order valence-electron chi connectivity index (χ2n) is 4.38. The standard InChI is InChI=1S/C13H13ClOS2/c14-10-5-7-17-13(10)12(15)9-2-1-3-11-8(9)4-6-16-11/h4-7,9,12,15H,1-3H2. The first-order valence-corrected chi connectivity index (χ1v) is 7.88. The quantitative estimate of drug-likeness (QED) is 0.853. The maximum absolute atomic E-state index is 10.5. The number of fused-ring (bicyclic) bond motifs is 1. The third kappa shape index (κ3) is 2.06. The van der Waals surface area contributed by atoms with Crippen molar-refractivity contribution in [3.05, 3.63) is 43.2 Å². The normalized spacial score (nSPS) is 21.2. The smallest absolute Gasteiger partial charge is 0.0965 e. The SMILES string of the molecule is OC(c1sccc1Cl)C1CCCc2sccc21. The molecule has 1 aliphatic rings. The molecule has 0 saturated heterocycles. The molecule has 0 aromatic carbocycles. The molecule has 0 bridgehead atoms. The summed E-state index contributed by atoms with van der Waals surface area (Å²) in [7, 11) is 0. The van der Waals surface area contributed by atoms with Gasteiger partial charge in [-0.25, -0.2) is 0 Å². The zero-order chi connectivity index (χ0) is 11.8. The molecule has 0 spiro atoms. The van der Waals surface area contributed by atoms with Crippen molar-refractivity contribution >= 4 is 34.3 Å². The summed E-state index contributed by atoms with van der Waals surface area (Å²) < 4.78 is 0. The van der Waals surface area contributed by atoms with Gasteiger partial charge in [-0.1, -0.05) is 11.6 Å². The van der Waals surface area contributed by atoms with Gasteiger partial charge < -0.3 is 5.11 Å². The van der Waals surface area contributed by atoms with Gasteiger partial charge in [0.1, 0.15) is 0 Å². The van der Waals surface area contributed by atoms with Crippen molar-refractivity contribution in [1.29, 1.82) is 0 Å². The zero-order valence-corrected chi connectivity index (χ0v) is 11.6. The second-order valence-corrected chi connectivity index (χ2v) is 6.73. The minimum atomic E-state index is -0.448. The Kier molecular flexibility index (Phi) is 3.26. The summed E-state index contributed by atoms with van der Waals surface area (Å²) >= 11 is 9.47. The van der Waals surface area contributed by atoms with Gasteiger partial charge in [-0.05, 0) is 47.7 Å². The molecule has 2 aromatic rings. The first kappa shape index (κ1) is 11.7. The number of thiophene rings is 2. The highest BCUT2D eigenvalue weighted by Crippen LogP contribution is 2.44. The van der Waals surface area contributed by atoms with Crippen molar-refractivity contribution in [1.82, 2.24) is 0 Å². The molecule has 0 amide bonds. The Bertz CT molecular complexity index is 517. The Morgan fingerprint density at radius 2 is 2.12 bits per heavy atom. The van der Waals surface area contributed by atoms with E-state index >= 15 is 0 Å². The molecule has 0 saturated carbocycles. The summed E-state index contributed by atoms with van der Waals surface area (Å²) in [4.78, 5) is 2.35. The van der Waals surface area contributed by atoms with Gasteiger partial charge in [0.25, 0.3) is 0 Å². The topological polar surface area (TPSA) is 20.2 Å². The van der Waals surface area contributed by atoms with E-state index in [0.717, 1.165) is 24.1 Å². The van der Waals surface area contributed by atoms with E-state index in [2.05, 4.69) is 11.4 Å². The van der Waals surface area contributed by atoms with Crippen LogP contribution < -0.4 is 0 Å². The molecule has 2 heterocycles. The summed E-state index contributed by atoms with van der Waals surface area (Å²) in [5, 5.41) is 15.3. The molecular weight excluding hydrogens is 272 g/mol. The Morgan fingerprint density at radius 1 is 1.29 bits per heavy atom. The van der Waals surface area contributed by atoms with Crippen LogP contribution in [0, 0.1) is 0 Å². The Hall–Kier alpha value is -0.350. The number of hydrogen-bond acceptors (Lipinski definition) is 3. The summed E-state index contributed by atoms with van der Waals surface area (Å²) in [5.74, 6) is 0.223. The molecule has 1 N–H and O–H groups in total. The first-order valence-electron chi connectivity index (χ1n) is 5.74. The van der Waals surface area contributed by atoms with Gasteiger partial charge in [-0.3, -0.25) is 0 Å². The van der Waals surface area contributed by atoms with Crippen LogP contribution in [0.4, 0.5) is 0 Å². The van der Waals surface area contributed by atoms with Crippen LogP contribution in [0.1, 0.15) is 40.2 Å². The van der Waals surface area contributed by atoms with E-state index in [1.54, 1.807) is 11.3 Å². The fourth-order valence-corrected chi connectivity index (χ4v) is 4.76. The number of aliphatic hydroxyl groups is 1. The molecule has 1 aliphatic carbocycles. The van der Waals surface area contributed by atoms with Gasteiger partial charge in [0.2, 0.25) is 0 Å². The fourth-order valence-electron chi connectivity index (χ4n) is 2.55. The van der Waals surface area contributed by atoms with Crippen LogP contribution in [0.15, 0.2) is 22.9 Å². The number of rotatable bonds is 2. The Morgan fingerprint density at radius 3 is 2.88 bits per heavy atom. The molecule has 2 unspecified atom stereocenters. The monoisotopic (exact) mass is 284 g/mol. The van der Waals surface area contributed by atoms with Crippen molar-refractivity contribution in [2.45, 2.75) is 31.3 Å². The Labute approximate surface area is 114 Å². The molecule has 0 radical (unpaired) electrons. The van der Waals surface area contributed by atoms with Crippen molar-refractivity contribution in [2.24, 2.45) is 0 Å². The van der Waals surface area contributed by atoms with Crippen LogP contribution in [0.5, 0.6) is 0 Å². The van der Waals surface area contributed by atoms with Gasteiger partial charge in [-0.15, -0.1) is 22.7 Å². The largest absolute Gasteiger partial charge is 0.387 e. The van der Waals surface area contributed by atoms with Gasteiger partial charge in [-0.2, -0.15) is 0 Å². The average Bonchev–Trinajstić information content (AvgIpc) is 2.95. The predicted octanol–water partition coefficient (Wildman–Crippen LogP) is 4.62. The summed E-state index contributed by atoms with van der Waals surface area (Å²) in [6.45, 7) is 0. The van der Waals surface area contributed by atoms with E-state index in [-0.39, 0.29) is 5.92 Å².